The summed E-state index contributed by atoms with van der Waals surface area (Å²) in [4.78, 5) is 4.55. The van der Waals surface area contributed by atoms with E-state index in [2.05, 4.69) is 50.8 Å². The minimum absolute atomic E-state index is 0.112. The maximum Gasteiger partial charge on any atom is 0.192 e. The summed E-state index contributed by atoms with van der Waals surface area (Å²) in [6.07, 6.45) is 5.33. The van der Waals surface area contributed by atoms with Gasteiger partial charge in [-0.1, -0.05) is 36.3 Å². The van der Waals surface area contributed by atoms with Crippen LogP contribution in [0, 0.1) is 19.3 Å². The second-order valence-corrected chi connectivity index (χ2v) is 5.22. The van der Waals surface area contributed by atoms with Crippen molar-refractivity contribution in [1.82, 2.24) is 25.4 Å². The molecule has 0 amide bonds. The predicted molar refractivity (Wildman–Crippen MR) is 91.7 cm³/mol. The van der Waals surface area contributed by atoms with Crippen molar-refractivity contribution >= 4 is 5.96 Å². The van der Waals surface area contributed by atoms with Crippen LogP contribution in [0.3, 0.4) is 0 Å². The van der Waals surface area contributed by atoms with Crippen molar-refractivity contribution in [3.63, 3.8) is 0 Å². The lowest BCUT2D eigenvalue weighted by Gasteiger charge is -2.17. The Morgan fingerprint density at radius 2 is 2.09 bits per heavy atom. The van der Waals surface area contributed by atoms with E-state index in [9.17, 15) is 0 Å². The number of terminal acetylenes is 1. The SMILES string of the molecule is C#CCNC(=NCc1nnc(C)n1C)NC(C)c1ccccc1. The largest absolute Gasteiger partial charge is 0.350 e. The van der Waals surface area contributed by atoms with E-state index in [1.165, 1.54) is 5.56 Å². The smallest absolute Gasteiger partial charge is 0.192 e. The topological polar surface area (TPSA) is 67.1 Å². The molecular weight excluding hydrogens is 288 g/mol. The van der Waals surface area contributed by atoms with E-state index in [0.29, 0.717) is 19.0 Å². The first-order valence-corrected chi connectivity index (χ1v) is 7.50. The van der Waals surface area contributed by atoms with E-state index in [4.69, 9.17) is 6.42 Å². The summed E-state index contributed by atoms with van der Waals surface area (Å²) in [5, 5.41) is 14.6. The van der Waals surface area contributed by atoms with Gasteiger partial charge in [-0.2, -0.15) is 0 Å². The molecule has 0 fully saturated rings. The highest BCUT2D eigenvalue weighted by atomic mass is 15.3. The first-order chi connectivity index (χ1) is 11.1. The molecule has 0 saturated carbocycles. The average Bonchev–Trinajstić information content (AvgIpc) is 2.89. The molecule has 0 aliphatic rings. The summed E-state index contributed by atoms with van der Waals surface area (Å²) >= 11 is 0. The van der Waals surface area contributed by atoms with Crippen LogP contribution in [0.25, 0.3) is 0 Å². The van der Waals surface area contributed by atoms with E-state index in [1.807, 2.05) is 36.7 Å². The normalized spacial score (nSPS) is 12.5. The van der Waals surface area contributed by atoms with E-state index < -0.39 is 0 Å². The standard InChI is InChI=1S/C17H22N6/c1-5-11-18-17(19-12-16-22-21-14(3)23(16)4)20-13(2)15-9-7-6-8-10-15/h1,6-10,13H,11-12H2,2-4H3,(H2,18,19,20). The molecule has 1 aromatic carbocycles. The Bertz CT molecular complexity index is 696. The first-order valence-electron chi connectivity index (χ1n) is 7.50. The summed E-state index contributed by atoms with van der Waals surface area (Å²) in [5.41, 5.74) is 1.18. The number of nitrogens with one attached hydrogen (secondary N) is 2. The molecule has 1 atom stereocenters. The molecule has 0 aliphatic heterocycles. The number of benzene rings is 1. The number of guanidine groups is 1. The van der Waals surface area contributed by atoms with E-state index in [-0.39, 0.29) is 6.04 Å². The zero-order valence-electron chi connectivity index (χ0n) is 13.7. The minimum Gasteiger partial charge on any atom is -0.350 e. The number of rotatable bonds is 5. The van der Waals surface area contributed by atoms with E-state index in [1.54, 1.807) is 0 Å². The van der Waals surface area contributed by atoms with Gasteiger partial charge in [-0.05, 0) is 19.4 Å². The Kier molecular flexibility index (Phi) is 5.75. The number of nitrogens with zero attached hydrogens (tertiary/aromatic N) is 4. The van der Waals surface area contributed by atoms with Gasteiger partial charge >= 0.3 is 0 Å². The predicted octanol–water partition coefficient (Wildman–Crippen LogP) is 1.55. The summed E-state index contributed by atoms with van der Waals surface area (Å²) < 4.78 is 1.92. The van der Waals surface area contributed by atoms with Gasteiger partial charge in [-0.3, -0.25) is 0 Å². The molecule has 1 unspecified atom stereocenters. The highest BCUT2D eigenvalue weighted by Crippen LogP contribution is 2.10. The van der Waals surface area contributed by atoms with Crippen LogP contribution in [0.2, 0.25) is 0 Å². The number of aryl methyl sites for hydroxylation is 1. The Balaban J connectivity index is 2.08. The van der Waals surface area contributed by atoms with Gasteiger partial charge in [-0.25, -0.2) is 4.99 Å². The lowest BCUT2D eigenvalue weighted by atomic mass is 10.1. The van der Waals surface area contributed by atoms with E-state index in [0.717, 1.165) is 11.6 Å². The maximum absolute atomic E-state index is 5.33. The van der Waals surface area contributed by atoms with Gasteiger partial charge in [0.15, 0.2) is 11.8 Å². The Hall–Kier alpha value is -2.81. The van der Waals surface area contributed by atoms with Crippen LogP contribution < -0.4 is 10.6 Å². The molecule has 0 radical (unpaired) electrons. The summed E-state index contributed by atoms with van der Waals surface area (Å²) in [7, 11) is 1.93. The average molecular weight is 310 g/mol. The lowest BCUT2D eigenvalue weighted by Crippen LogP contribution is -2.39. The molecule has 6 nitrogen and oxygen atoms in total. The molecule has 23 heavy (non-hydrogen) atoms. The molecule has 120 valence electrons. The van der Waals surface area contributed by atoms with Crippen molar-refractivity contribution in [3.05, 3.63) is 47.5 Å². The van der Waals surface area contributed by atoms with Crippen LogP contribution in [0.1, 0.15) is 30.2 Å². The first kappa shape index (κ1) is 16.6. The molecule has 0 bridgehead atoms. The van der Waals surface area contributed by atoms with Gasteiger partial charge in [-0.15, -0.1) is 16.6 Å². The number of aliphatic imine (C=N–C) groups is 1. The van der Waals surface area contributed by atoms with Crippen LogP contribution in [0.15, 0.2) is 35.3 Å². The van der Waals surface area contributed by atoms with Gasteiger partial charge in [0.1, 0.15) is 12.4 Å². The quantitative estimate of drug-likeness (QED) is 0.499. The zero-order chi connectivity index (χ0) is 16.7. The van der Waals surface area contributed by atoms with Gasteiger partial charge in [0.25, 0.3) is 0 Å². The molecule has 0 aliphatic carbocycles. The van der Waals surface area contributed by atoms with Gasteiger partial charge in [0.05, 0.1) is 12.6 Å². The molecule has 2 rings (SSSR count). The van der Waals surface area contributed by atoms with Gasteiger partial charge in [0, 0.05) is 7.05 Å². The lowest BCUT2D eigenvalue weighted by molar-refractivity contribution is 0.685. The number of hydrogen-bond donors (Lipinski definition) is 2. The maximum atomic E-state index is 5.33. The van der Waals surface area contributed by atoms with Crippen molar-refractivity contribution in [2.45, 2.75) is 26.4 Å². The van der Waals surface area contributed by atoms with Crippen LogP contribution in [0.5, 0.6) is 0 Å². The van der Waals surface area contributed by atoms with Crippen molar-refractivity contribution in [2.75, 3.05) is 6.54 Å². The Morgan fingerprint density at radius 1 is 1.35 bits per heavy atom. The number of aromatic nitrogens is 3. The molecule has 2 aromatic rings. The van der Waals surface area contributed by atoms with Gasteiger partial charge in [0.2, 0.25) is 0 Å². The molecule has 1 aromatic heterocycles. The third-order valence-electron chi connectivity index (χ3n) is 3.57. The third-order valence-corrected chi connectivity index (χ3v) is 3.57. The second-order valence-electron chi connectivity index (χ2n) is 5.22. The number of hydrogen-bond acceptors (Lipinski definition) is 3. The molecular formula is C17H22N6. The fourth-order valence-corrected chi connectivity index (χ4v) is 2.06. The monoisotopic (exact) mass is 310 g/mol. The van der Waals surface area contributed by atoms with Crippen molar-refractivity contribution in [3.8, 4) is 12.3 Å². The summed E-state index contributed by atoms with van der Waals surface area (Å²) in [6, 6.07) is 10.3. The van der Waals surface area contributed by atoms with E-state index >= 15 is 0 Å². The van der Waals surface area contributed by atoms with Crippen LogP contribution >= 0.6 is 0 Å². The fourth-order valence-electron chi connectivity index (χ4n) is 2.06. The second kappa shape index (κ2) is 7.99. The highest BCUT2D eigenvalue weighted by molar-refractivity contribution is 5.80. The summed E-state index contributed by atoms with van der Waals surface area (Å²) in [6.45, 7) is 4.83. The van der Waals surface area contributed by atoms with Crippen molar-refractivity contribution < 1.29 is 0 Å². The third kappa shape index (κ3) is 4.58. The zero-order valence-corrected chi connectivity index (χ0v) is 13.7. The summed E-state index contributed by atoms with van der Waals surface area (Å²) in [5.74, 6) is 4.88. The van der Waals surface area contributed by atoms with Crippen molar-refractivity contribution in [1.29, 1.82) is 0 Å². The molecule has 1 heterocycles. The van der Waals surface area contributed by atoms with Gasteiger partial charge < -0.3 is 15.2 Å². The fraction of sp³-hybridized carbons (Fsp3) is 0.353. The Labute approximate surface area is 137 Å². The Morgan fingerprint density at radius 3 is 2.70 bits per heavy atom. The highest BCUT2D eigenvalue weighted by Gasteiger charge is 2.09. The molecule has 2 N–H and O–H groups in total. The molecule has 0 spiro atoms. The molecule has 0 saturated heterocycles. The van der Waals surface area contributed by atoms with Crippen LogP contribution in [-0.2, 0) is 13.6 Å². The molecule has 6 heteroatoms. The van der Waals surface area contributed by atoms with Crippen LogP contribution in [0.4, 0.5) is 0 Å². The minimum atomic E-state index is 0.112. The van der Waals surface area contributed by atoms with Crippen LogP contribution in [-0.4, -0.2) is 27.3 Å². The van der Waals surface area contributed by atoms with Crippen molar-refractivity contribution in [2.24, 2.45) is 12.0 Å².